The molecule has 156 valence electrons. The number of aromatic nitrogens is 3. The summed E-state index contributed by atoms with van der Waals surface area (Å²) in [6.07, 6.45) is 2.95. The molecule has 1 heterocycles. The molecule has 0 atom stereocenters. The van der Waals surface area contributed by atoms with Gasteiger partial charge in [-0.3, -0.25) is 0 Å². The summed E-state index contributed by atoms with van der Waals surface area (Å²) >= 11 is 0. The molecule has 1 N–H and O–H groups in total. The minimum absolute atomic E-state index is 0.0983. The maximum atomic E-state index is 11.0. The highest BCUT2D eigenvalue weighted by Crippen LogP contribution is 2.36. The van der Waals surface area contributed by atoms with Crippen LogP contribution >= 0.6 is 0 Å². The lowest BCUT2D eigenvalue weighted by molar-refractivity contribution is -0.00452. The topological polar surface area (TPSA) is 60.2 Å². The summed E-state index contributed by atoms with van der Waals surface area (Å²) in [5.74, 6) is 0.248. The van der Waals surface area contributed by atoms with Gasteiger partial charge in [-0.05, 0) is 69.2 Å². The lowest BCUT2D eigenvalue weighted by Gasteiger charge is -2.23. The van der Waals surface area contributed by atoms with E-state index in [4.69, 9.17) is 4.74 Å². The smallest absolute Gasteiger partial charge is 0.146 e. The van der Waals surface area contributed by atoms with Crippen molar-refractivity contribution in [3.8, 4) is 11.4 Å². The molecule has 3 rings (SSSR count). The number of fused-ring (bicyclic) bond motifs is 1. The van der Waals surface area contributed by atoms with Gasteiger partial charge in [0.2, 0.25) is 0 Å². The van der Waals surface area contributed by atoms with E-state index < -0.39 is 0 Å². The number of phenolic OH excluding ortho intramolecular Hbond substituents is 1. The number of rotatable bonds is 6. The van der Waals surface area contributed by atoms with Crippen molar-refractivity contribution in [1.82, 2.24) is 15.0 Å². The Bertz CT molecular complexity index is 945. The van der Waals surface area contributed by atoms with Crippen LogP contribution in [0.15, 0.2) is 36.4 Å². The monoisotopic (exact) mass is 395 g/mol. The normalized spacial score (nSPS) is 12.6. The molecule has 1 aromatic heterocycles. The van der Waals surface area contributed by atoms with E-state index in [0.29, 0.717) is 5.69 Å². The molecule has 0 spiro atoms. The third-order valence-electron chi connectivity index (χ3n) is 4.85. The number of aryl methyl sites for hydroxylation is 1. The number of phenols is 1. The van der Waals surface area contributed by atoms with Crippen LogP contribution in [0.5, 0.6) is 5.75 Å². The van der Waals surface area contributed by atoms with Crippen molar-refractivity contribution in [2.24, 2.45) is 0 Å². The maximum Gasteiger partial charge on any atom is 0.146 e. The van der Waals surface area contributed by atoms with E-state index in [1.165, 1.54) is 5.56 Å². The minimum atomic E-state index is -0.184. The summed E-state index contributed by atoms with van der Waals surface area (Å²) in [5, 5.41) is 20.1. The number of nitrogens with zero attached hydrogens (tertiary/aromatic N) is 3. The molecular weight excluding hydrogens is 362 g/mol. The Morgan fingerprint density at radius 2 is 1.55 bits per heavy atom. The number of hydrogen-bond donors (Lipinski definition) is 1. The van der Waals surface area contributed by atoms with Gasteiger partial charge in [0.25, 0.3) is 0 Å². The number of aromatic hydroxyl groups is 1. The van der Waals surface area contributed by atoms with Crippen LogP contribution in [-0.4, -0.2) is 32.3 Å². The summed E-state index contributed by atoms with van der Waals surface area (Å²) in [6.45, 7) is 13.3. The van der Waals surface area contributed by atoms with Gasteiger partial charge in [0.1, 0.15) is 22.5 Å². The zero-order valence-electron chi connectivity index (χ0n) is 18.5. The second-order valence-corrected chi connectivity index (χ2v) is 9.66. The first-order valence-electron chi connectivity index (χ1n) is 10.4. The Morgan fingerprint density at radius 3 is 2.10 bits per heavy atom. The Kier molecular flexibility index (Phi) is 5.99. The van der Waals surface area contributed by atoms with Crippen molar-refractivity contribution >= 4 is 11.0 Å². The summed E-state index contributed by atoms with van der Waals surface area (Å²) in [4.78, 5) is 1.56. The predicted molar refractivity (Wildman–Crippen MR) is 118 cm³/mol. The average molecular weight is 396 g/mol. The molecule has 3 aromatic rings. The average Bonchev–Trinajstić information content (AvgIpc) is 3.04. The molecule has 0 unspecified atom stereocenters. The van der Waals surface area contributed by atoms with Crippen molar-refractivity contribution in [3.63, 3.8) is 0 Å². The standard InChI is InChI=1S/C24H33N3O2/c1-23(2,3)18-15-17(11-9-10-14-29-24(4,5)6)16-21(22(18)28)27-25-19-12-7-8-13-20(19)26-27/h7-8,12-13,15-16,28H,9-11,14H2,1-6H3. The molecule has 0 saturated carbocycles. The highest BCUT2D eigenvalue weighted by molar-refractivity contribution is 5.73. The van der Waals surface area contributed by atoms with Crippen LogP contribution in [0.1, 0.15) is 65.5 Å². The first kappa shape index (κ1) is 21.3. The highest BCUT2D eigenvalue weighted by Gasteiger charge is 2.23. The van der Waals surface area contributed by atoms with Crippen LogP contribution in [0.2, 0.25) is 0 Å². The van der Waals surface area contributed by atoms with E-state index in [-0.39, 0.29) is 16.8 Å². The SMILES string of the molecule is CC(C)(C)OCCCCc1cc(-n2nc3ccccc3n2)c(O)c(C(C)(C)C)c1. The molecule has 0 radical (unpaired) electrons. The lowest BCUT2D eigenvalue weighted by atomic mass is 9.84. The van der Waals surface area contributed by atoms with Gasteiger partial charge in [0, 0.05) is 12.2 Å². The number of hydrogen-bond acceptors (Lipinski definition) is 4. The van der Waals surface area contributed by atoms with Gasteiger partial charge in [0.05, 0.1) is 5.60 Å². The van der Waals surface area contributed by atoms with E-state index in [0.717, 1.165) is 42.5 Å². The third kappa shape index (κ3) is 5.36. The molecule has 2 aromatic carbocycles. The molecule has 0 amide bonds. The van der Waals surface area contributed by atoms with E-state index >= 15 is 0 Å². The Hall–Kier alpha value is -2.40. The summed E-state index contributed by atoms with van der Waals surface area (Å²) < 4.78 is 5.83. The van der Waals surface area contributed by atoms with E-state index in [9.17, 15) is 5.11 Å². The number of ether oxygens (including phenoxy) is 1. The lowest BCUT2D eigenvalue weighted by Crippen LogP contribution is -2.19. The van der Waals surface area contributed by atoms with E-state index in [1.807, 2.05) is 30.3 Å². The van der Waals surface area contributed by atoms with Gasteiger partial charge >= 0.3 is 0 Å². The number of benzene rings is 2. The quantitative estimate of drug-likeness (QED) is 0.555. The zero-order chi connectivity index (χ0) is 21.2. The highest BCUT2D eigenvalue weighted by atomic mass is 16.5. The fourth-order valence-electron chi connectivity index (χ4n) is 3.32. The molecule has 0 aliphatic carbocycles. The van der Waals surface area contributed by atoms with Crippen molar-refractivity contribution in [1.29, 1.82) is 0 Å². The van der Waals surface area contributed by atoms with Crippen LogP contribution in [0.3, 0.4) is 0 Å². The van der Waals surface area contributed by atoms with Gasteiger partial charge in [-0.15, -0.1) is 15.0 Å². The largest absolute Gasteiger partial charge is 0.505 e. The minimum Gasteiger partial charge on any atom is -0.505 e. The molecule has 0 aliphatic heterocycles. The first-order chi connectivity index (χ1) is 13.5. The zero-order valence-corrected chi connectivity index (χ0v) is 18.5. The maximum absolute atomic E-state index is 11.0. The van der Waals surface area contributed by atoms with Gasteiger partial charge in [-0.2, -0.15) is 0 Å². The third-order valence-corrected chi connectivity index (χ3v) is 4.85. The summed E-state index contributed by atoms with van der Waals surface area (Å²) in [6, 6.07) is 11.9. The predicted octanol–water partition coefficient (Wildman–Crippen LogP) is 5.56. The molecular formula is C24H33N3O2. The molecule has 0 fully saturated rings. The van der Waals surface area contributed by atoms with E-state index in [2.05, 4.69) is 57.8 Å². The summed E-state index contributed by atoms with van der Waals surface area (Å²) in [7, 11) is 0. The van der Waals surface area contributed by atoms with Crippen molar-refractivity contribution in [2.45, 2.75) is 71.8 Å². The molecule has 29 heavy (non-hydrogen) atoms. The van der Waals surface area contributed by atoms with Crippen LogP contribution < -0.4 is 0 Å². The second-order valence-electron chi connectivity index (χ2n) is 9.66. The fraction of sp³-hybridized carbons (Fsp3) is 0.500. The van der Waals surface area contributed by atoms with Crippen molar-refractivity contribution < 1.29 is 9.84 Å². The van der Waals surface area contributed by atoms with Crippen LogP contribution in [0, 0.1) is 0 Å². The van der Waals surface area contributed by atoms with Crippen molar-refractivity contribution in [2.75, 3.05) is 6.61 Å². The Labute approximate surface area is 173 Å². The van der Waals surface area contributed by atoms with Gasteiger partial charge < -0.3 is 9.84 Å². The molecule has 0 saturated heterocycles. The van der Waals surface area contributed by atoms with Gasteiger partial charge in [-0.25, -0.2) is 0 Å². The van der Waals surface area contributed by atoms with E-state index in [1.54, 1.807) is 4.80 Å². The van der Waals surface area contributed by atoms with Crippen LogP contribution in [0.25, 0.3) is 16.7 Å². The number of unbranched alkanes of at least 4 members (excludes halogenated alkanes) is 1. The van der Waals surface area contributed by atoms with Crippen molar-refractivity contribution in [3.05, 3.63) is 47.5 Å². The fourth-order valence-corrected chi connectivity index (χ4v) is 3.32. The molecule has 5 heteroatoms. The second kappa shape index (κ2) is 8.15. The van der Waals surface area contributed by atoms with Crippen LogP contribution in [-0.2, 0) is 16.6 Å². The molecule has 0 aliphatic rings. The molecule has 0 bridgehead atoms. The Morgan fingerprint density at radius 1 is 0.931 bits per heavy atom. The first-order valence-corrected chi connectivity index (χ1v) is 10.4. The Balaban J connectivity index is 1.88. The summed E-state index contributed by atoms with van der Waals surface area (Å²) in [5.41, 5.74) is 4.07. The van der Waals surface area contributed by atoms with Crippen LogP contribution in [0.4, 0.5) is 0 Å². The van der Waals surface area contributed by atoms with Gasteiger partial charge in [-0.1, -0.05) is 39.0 Å². The van der Waals surface area contributed by atoms with Gasteiger partial charge in [0.15, 0.2) is 0 Å². The molecule has 5 nitrogen and oxygen atoms in total.